The number of nitro groups is 1. The molecule has 0 aliphatic carbocycles. The van der Waals surface area contributed by atoms with Crippen LogP contribution in [0, 0.1) is 21.7 Å². The Morgan fingerprint density at radius 1 is 0.769 bits per heavy atom. The Morgan fingerprint density at radius 2 is 1.18 bits per heavy atom. The Kier molecular flexibility index (Phi) is 20.7. The van der Waals surface area contributed by atoms with Crippen molar-refractivity contribution < 1.29 is 55.9 Å². The number of halogens is 5. The summed E-state index contributed by atoms with van der Waals surface area (Å²) in [5, 5.41) is 19.5. The maximum Gasteiger partial charge on any atom is 0.414 e. The topological polar surface area (TPSA) is 204 Å². The summed E-state index contributed by atoms with van der Waals surface area (Å²) >= 11 is 9.53. The van der Waals surface area contributed by atoms with Gasteiger partial charge in [-0.15, -0.1) is 23.2 Å². The van der Waals surface area contributed by atoms with Crippen molar-refractivity contribution in [1.82, 2.24) is 9.80 Å². The number of non-ortho nitro benzene ring substituents is 1. The van der Waals surface area contributed by atoms with Crippen LogP contribution in [-0.4, -0.2) is 142 Å². The molecule has 0 radical (unpaired) electrons. The second-order valence-electron chi connectivity index (χ2n) is 14.4. The maximum atomic E-state index is 14.5. The molecule has 4 aliphatic rings. The Morgan fingerprint density at radius 3 is 1.51 bits per heavy atom. The molecule has 4 aliphatic heterocycles. The summed E-state index contributed by atoms with van der Waals surface area (Å²) in [5.74, 6) is -0.722. The number of alkyl halides is 2. The van der Waals surface area contributed by atoms with Gasteiger partial charge in [0, 0.05) is 89.0 Å². The molecule has 0 saturated carbocycles. The van der Waals surface area contributed by atoms with Crippen molar-refractivity contribution >= 4 is 95.4 Å². The Labute approximate surface area is 390 Å². The van der Waals surface area contributed by atoms with Crippen molar-refractivity contribution in [3.63, 3.8) is 0 Å². The first kappa shape index (κ1) is 54.1. The highest BCUT2D eigenvalue weighted by molar-refractivity contribution is 8.13. The Bertz CT molecular complexity index is 2140. The van der Waals surface area contributed by atoms with Gasteiger partial charge in [-0.3, -0.25) is 29.5 Å². The van der Waals surface area contributed by atoms with Crippen molar-refractivity contribution in [3.8, 4) is 0 Å². The Hall–Kier alpha value is -5.22. The van der Waals surface area contributed by atoms with Crippen LogP contribution in [0.2, 0.25) is 0 Å². The van der Waals surface area contributed by atoms with Gasteiger partial charge in [0.15, 0.2) is 0 Å². The average Bonchev–Trinajstić information content (AvgIpc) is 3.85. The van der Waals surface area contributed by atoms with Crippen LogP contribution in [0.1, 0.15) is 34.6 Å². The minimum atomic E-state index is -3.89. The zero-order chi connectivity index (χ0) is 47.3. The van der Waals surface area contributed by atoms with Gasteiger partial charge >= 0.3 is 12.2 Å². The number of hydrogen-bond acceptors (Lipinski definition) is 13. The molecule has 4 heterocycles. The van der Waals surface area contributed by atoms with Crippen LogP contribution in [-0.2, 0) is 28.1 Å². The molecule has 3 aromatic carbocycles. The van der Waals surface area contributed by atoms with Gasteiger partial charge in [-0.1, -0.05) is 20.4 Å². The molecule has 4 amide bonds. The fraction of sp³-hybridized carbons (Fsp3) is 0.463. The minimum Gasteiger partial charge on any atom is -0.444 e. The highest BCUT2D eigenvalue weighted by Gasteiger charge is 2.34. The lowest BCUT2D eigenvalue weighted by Gasteiger charge is -2.35. The van der Waals surface area contributed by atoms with E-state index in [-0.39, 0.29) is 60.2 Å². The number of nitrogens with zero attached hydrogens (tertiary/aromatic N) is 7. The molecule has 358 valence electrons. The van der Waals surface area contributed by atoms with Gasteiger partial charge in [-0.25, -0.2) is 26.8 Å². The number of rotatable bonds is 8. The van der Waals surface area contributed by atoms with Gasteiger partial charge in [0.05, 0.1) is 57.6 Å². The van der Waals surface area contributed by atoms with Gasteiger partial charge in [-0.2, -0.15) is 0 Å². The maximum absolute atomic E-state index is 14.5. The lowest BCUT2D eigenvalue weighted by molar-refractivity contribution is -0.385. The lowest BCUT2D eigenvalue weighted by atomic mass is 10.2. The molecule has 0 aromatic heterocycles. The van der Waals surface area contributed by atoms with E-state index < -0.39 is 38.1 Å². The highest BCUT2D eigenvalue weighted by Crippen LogP contribution is 2.30. The summed E-state index contributed by atoms with van der Waals surface area (Å²) < 4.78 is 60.7. The summed E-state index contributed by atoms with van der Waals surface area (Å²) in [5.41, 5.74) is 1.57. The quantitative estimate of drug-likeness (QED) is 0.109. The largest absolute Gasteiger partial charge is 0.444 e. The number of amides is 4. The first-order valence-electron chi connectivity index (χ1n) is 19.8. The first-order chi connectivity index (χ1) is 30.3. The van der Waals surface area contributed by atoms with Crippen LogP contribution < -0.4 is 19.6 Å². The van der Waals surface area contributed by atoms with Gasteiger partial charge in [0.2, 0.25) is 11.8 Å². The van der Waals surface area contributed by atoms with Crippen LogP contribution in [0.15, 0.2) is 65.6 Å². The number of aliphatic hydroxyl groups is 1. The zero-order valence-electron chi connectivity index (χ0n) is 35.1. The minimum absolute atomic E-state index is 0. The fourth-order valence-corrected chi connectivity index (χ4v) is 7.68. The zero-order valence-corrected chi connectivity index (χ0v) is 38.2. The predicted octanol–water partition coefficient (Wildman–Crippen LogP) is 6.62. The molecule has 24 heteroatoms. The number of anilines is 4. The number of aliphatic hydroxyl groups excluding tert-OH is 1. The Balaban J connectivity index is 0.000000260. The summed E-state index contributed by atoms with van der Waals surface area (Å²) in [7, 11) is 1.09. The molecular formula is C41H52Cl3F2N7O11S. The number of nitro benzene ring substituents is 1. The number of carbonyl (C=O) groups is 4. The van der Waals surface area contributed by atoms with Crippen molar-refractivity contribution in [2.45, 2.75) is 51.7 Å². The average molecular weight is 995 g/mol. The SMILES string of the molecule is C.CC(=O)N1CCN(c2ccc(N3C[C@H](CO)OC3=O)cc2F)CC1.CC[C@H]1CN(c2ccc(N3CCN(C(C)=O)CC3)c(F)c2)C(=O)O1.ClCCl.O=[N+]([O-])c1cccc(S(=O)(=O)Cl)c1. The fourth-order valence-electron chi connectivity index (χ4n) is 6.89. The second kappa shape index (κ2) is 24.9. The van der Waals surface area contributed by atoms with E-state index in [2.05, 4.69) is 0 Å². The molecule has 2 atom stereocenters. The number of ether oxygens (including phenoxy) is 2. The molecule has 18 nitrogen and oxygen atoms in total. The van der Waals surface area contributed by atoms with E-state index in [1.165, 1.54) is 47.1 Å². The van der Waals surface area contributed by atoms with E-state index >= 15 is 0 Å². The molecule has 65 heavy (non-hydrogen) atoms. The molecule has 4 saturated heterocycles. The van der Waals surface area contributed by atoms with Crippen LogP contribution in [0.25, 0.3) is 0 Å². The predicted molar refractivity (Wildman–Crippen MR) is 244 cm³/mol. The molecule has 0 spiro atoms. The van der Waals surface area contributed by atoms with Crippen molar-refractivity contribution in [3.05, 3.63) is 82.4 Å². The van der Waals surface area contributed by atoms with Crippen molar-refractivity contribution in [1.29, 1.82) is 0 Å². The van der Waals surface area contributed by atoms with Gasteiger partial charge in [-0.05, 0) is 48.9 Å². The first-order valence-corrected chi connectivity index (χ1v) is 23.2. The van der Waals surface area contributed by atoms with E-state index in [0.29, 0.717) is 81.7 Å². The second-order valence-corrected chi connectivity index (χ2v) is 17.7. The third-order valence-corrected chi connectivity index (χ3v) is 11.7. The smallest absolute Gasteiger partial charge is 0.414 e. The molecule has 7 rings (SSSR count). The monoisotopic (exact) mass is 993 g/mol. The molecule has 3 aromatic rings. The van der Waals surface area contributed by atoms with Gasteiger partial charge in [0.1, 0.15) is 23.8 Å². The number of hydrogen-bond donors (Lipinski definition) is 1. The molecule has 4 fully saturated rings. The van der Waals surface area contributed by atoms with E-state index in [4.69, 9.17) is 48.5 Å². The van der Waals surface area contributed by atoms with E-state index in [9.17, 15) is 46.5 Å². The number of cyclic esters (lactones) is 2. The van der Waals surface area contributed by atoms with E-state index in [0.717, 1.165) is 12.5 Å². The molecular weight excluding hydrogens is 943 g/mol. The third-order valence-electron chi connectivity index (χ3n) is 10.3. The number of carbonyl (C=O) groups excluding carboxylic acids is 4. The van der Waals surface area contributed by atoms with Crippen LogP contribution in [0.3, 0.4) is 0 Å². The van der Waals surface area contributed by atoms with Crippen LogP contribution in [0.4, 0.5) is 46.8 Å². The number of piperazine rings is 2. The van der Waals surface area contributed by atoms with Gasteiger partial charge < -0.3 is 34.2 Å². The van der Waals surface area contributed by atoms with Crippen molar-refractivity contribution in [2.75, 3.05) is 97.0 Å². The van der Waals surface area contributed by atoms with Crippen LogP contribution >= 0.6 is 33.9 Å². The lowest BCUT2D eigenvalue weighted by Crippen LogP contribution is -2.48. The number of benzene rings is 3. The molecule has 1 N–H and O–H groups in total. The third kappa shape index (κ3) is 14.9. The van der Waals surface area contributed by atoms with Gasteiger partial charge in [0.25, 0.3) is 14.7 Å². The normalized spacial score (nSPS) is 18.2. The summed E-state index contributed by atoms with van der Waals surface area (Å²) in [6, 6.07) is 14.0. The highest BCUT2D eigenvalue weighted by atomic mass is 35.7. The molecule has 0 bridgehead atoms. The van der Waals surface area contributed by atoms with E-state index in [1.54, 1.807) is 41.0 Å². The molecule has 0 unspecified atom stereocenters. The summed E-state index contributed by atoms with van der Waals surface area (Å²) in [6.45, 7) is 10.0. The van der Waals surface area contributed by atoms with Crippen molar-refractivity contribution in [2.24, 2.45) is 0 Å². The summed E-state index contributed by atoms with van der Waals surface area (Å²) in [6.07, 6.45) is -0.997. The standard InChI is InChI=1S/C17H22FN3O3.C16H20FN3O4.C6H4ClNO4S.CH2Cl2.CH4/c1-3-14-11-21(17(23)24-14)13-4-5-16(15(18)10-13)20-8-6-19(7-9-20)12(2)22;1-11(22)18-4-6-19(7-5-18)15-3-2-12(8-14(15)17)20-9-13(10-21)24-16(20)23;7-13(11,12)6-3-1-2-5(4-6)8(9)10;2-1-3;/h4-5,10,14H,3,6-9,11H2,1-2H3;2-3,8,13,21H,4-7,9-10H2,1H3;1-4H;1H2;1H4/t14-;13-;;;/m01.../s1. The van der Waals surface area contributed by atoms with Crippen LogP contribution in [0.5, 0.6) is 0 Å². The van der Waals surface area contributed by atoms with E-state index in [1.807, 2.05) is 16.7 Å². The summed E-state index contributed by atoms with van der Waals surface area (Å²) in [4.78, 5) is 65.7.